The van der Waals surface area contributed by atoms with E-state index < -0.39 is 0 Å². The zero-order valence-corrected chi connectivity index (χ0v) is 14.9. The van der Waals surface area contributed by atoms with E-state index in [-0.39, 0.29) is 17.9 Å². The number of ether oxygens (including phenoxy) is 2. The van der Waals surface area contributed by atoms with Crippen LogP contribution in [0.5, 0.6) is 11.5 Å². The van der Waals surface area contributed by atoms with E-state index in [1.54, 1.807) is 31.4 Å². The van der Waals surface area contributed by atoms with Gasteiger partial charge in [0.2, 0.25) is 5.91 Å². The molecule has 2 N–H and O–H groups in total. The second kappa shape index (κ2) is 7.31. The molecule has 1 amide bonds. The number of hydrogen-bond donors (Lipinski definition) is 2. The summed E-state index contributed by atoms with van der Waals surface area (Å²) in [7, 11) is 3.09. The molecule has 1 aromatic heterocycles. The summed E-state index contributed by atoms with van der Waals surface area (Å²) in [4.78, 5) is 27.7. The van der Waals surface area contributed by atoms with Gasteiger partial charge in [0.25, 0.3) is 5.56 Å². The van der Waals surface area contributed by atoms with Gasteiger partial charge in [0.15, 0.2) is 11.5 Å². The summed E-state index contributed by atoms with van der Waals surface area (Å²) < 4.78 is 10.7. The predicted octanol–water partition coefficient (Wildman–Crippen LogP) is 3.03. The monoisotopic (exact) mass is 352 g/mol. The van der Waals surface area contributed by atoms with Crippen molar-refractivity contribution in [3.05, 3.63) is 64.1 Å². The van der Waals surface area contributed by atoms with E-state index in [1.807, 2.05) is 25.1 Å². The molecule has 0 aliphatic heterocycles. The molecule has 0 spiro atoms. The molecule has 0 aliphatic rings. The smallest absolute Gasteiger partial charge is 0.252 e. The third-order valence-corrected chi connectivity index (χ3v) is 4.22. The number of aromatic amines is 1. The van der Waals surface area contributed by atoms with Crippen molar-refractivity contribution < 1.29 is 14.3 Å². The molecule has 0 saturated heterocycles. The molecule has 1 heterocycles. The first-order valence-electron chi connectivity index (χ1n) is 8.16. The summed E-state index contributed by atoms with van der Waals surface area (Å²) in [6.45, 7) is 1.81. The van der Waals surface area contributed by atoms with E-state index in [4.69, 9.17) is 9.47 Å². The van der Waals surface area contributed by atoms with Crippen LogP contribution >= 0.6 is 0 Å². The van der Waals surface area contributed by atoms with Crippen molar-refractivity contribution in [1.82, 2.24) is 4.98 Å². The van der Waals surface area contributed by atoms with Gasteiger partial charge in [-0.25, -0.2) is 0 Å². The molecule has 0 unspecified atom stereocenters. The standard InChI is InChI=1S/C20H20N2O4/c1-12-14-9-17(25-2)18(26-3)10-15(14)16(20(24)21-12)11-19(23)22-13-7-5-4-6-8-13/h4-10H,11H2,1-3H3,(H,21,24)(H,22,23). The third kappa shape index (κ3) is 3.39. The van der Waals surface area contributed by atoms with E-state index >= 15 is 0 Å². The average Bonchev–Trinajstić information content (AvgIpc) is 2.64. The van der Waals surface area contributed by atoms with Crippen LogP contribution < -0.4 is 20.3 Å². The molecule has 26 heavy (non-hydrogen) atoms. The van der Waals surface area contributed by atoms with E-state index in [0.29, 0.717) is 33.8 Å². The Kier molecular flexibility index (Phi) is 4.93. The lowest BCUT2D eigenvalue weighted by Crippen LogP contribution is -2.22. The number of amides is 1. The predicted molar refractivity (Wildman–Crippen MR) is 101 cm³/mol. The largest absolute Gasteiger partial charge is 0.493 e. The number of nitrogens with one attached hydrogen (secondary N) is 2. The van der Waals surface area contributed by atoms with Crippen LogP contribution in [0.25, 0.3) is 10.8 Å². The number of anilines is 1. The highest BCUT2D eigenvalue weighted by Crippen LogP contribution is 2.33. The van der Waals surface area contributed by atoms with Gasteiger partial charge < -0.3 is 19.8 Å². The summed E-state index contributed by atoms with van der Waals surface area (Å²) in [5.74, 6) is 0.811. The zero-order chi connectivity index (χ0) is 18.7. The number of methoxy groups -OCH3 is 2. The fraction of sp³-hybridized carbons (Fsp3) is 0.200. The Labute approximate surface area is 150 Å². The van der Waals surface area contributed by atoms with Crippen molar-refractivity contribution in [3.63, 3.8) is 0 Å². The Balaban J connectivity index is 2.04. The molecule has 0 bridgehead atoms. The van der Waals surface area contributed by atoms with Crippen LogP contribution in [0.2, 0.25) is 0 Å². The van der Waals surface area contributed by atoms with Gasteiger partial charge >= 0.3 is 0 Å². The lowest BCUT2D eigenvalue weighted by molar-refractivity contribution is -0.115. The number of para-hydroxylation sites is 1. The number of pyridine rings is 1. The lowest BCUT2D eigenvalue weighted by atomic mass is 10.0. The van der Waals surface area contributed by atoms with Crippen LogP contribution in [-0.2, 0) is 11.2 Å². The SMILES string of the molecule is COc1cc2c(C)[nH]c(=O)c(CC(=O)Nc3ccccc3)c2cc1OC. The van der Waals surface area contributed by atoms with Crippen molar-refractivity contribution in [2.45, 2.75) is 13.3 Å². The van der Waals surface area contributed by atoms with Crippen molar-refractivity contribution in [2.75, 3.05) is 19.5 Å². The molecule has 2 aromatic carbocycles. The Morgan fingerprint density at radius 2 is 1.65 bits per heavy atom. The molecular weight excluding hydrogens is 332 g/mol. The van der Waals surface area contributed by atoms with E-state index in [1.165, 1.54) is 7.11 Å². The number of fused-ring (bicyclic) bond motifs is 1. The number of H-pyrrole nitrogens is 1. The maximum absolute atomic E-state index is 12.5. The minimum atomic E-state index is -0.287. The van der Waals surface area contributed by atoms with Gasteiger partial charge in [-0.3, -0.25) is 9.59 Å². The first-order valence-corrected chi connectivity index (χ1v) is 8.16. The highest BCUT2D eigenvalue weighted by Gasteiger charge is 2.16. The summed E-state index contributed by atoms with van der Waals surface area (Å²) in [6.07, 6.45) is -0.0451. The van der Waals surface area contributed by atoms with E-state index in [2.05, 4.69) is 10.3 Å². The van der Waals surface area contributed by atoms with Gasteiger partial charge in [-0.05, 0) is 36.6 Å². The number of aromatic nitrogens is 1. The van der Waals surface area contributed by atoms with Gasteiger partial charge in [0, 0.05) is 22.3 Å². The number of carbonyl (C=O) groups is 1. The number of carbonyl (C=O) groups excluding carboxylic acids is 1. The average molecular weight is 352 g/mol. The van der Waals surface area contributed by atoms with Crippen molar-refractivity contribution in [3.8, 4) is 11.5 Å². The summed E-state index contributed by atoms with van der Waals surface area (Å²) in [6, 6.07) is 12.7. The van der Waals surface area contributed by atoms with Gasteiger partial charge in [-0.2, -0.15) is 0 Å². The molecule has 0 atom stereocenters. The van der Waals surface area contributed by atoms with Crippen LogP contribution in [0.15, 0.2) is 47.3 Å². The van der Waals surface area contributed by atoms with Crippen molar-refractivity contribution >= 4 is 22.4 Å². The Hall–Kier alpha value is -3.28. The number of benzene rings is 2. The Bertz CT molecular complexity index is 1010. The lowest BCUT2D eigenvalue weighted by Gasteiger charge is -2.13. The molecule has 134 valence electrons. The molecule has 0 aliphatic carbocycles. The van der Waals surface area contributed by atoms with Crippen LogP contribution in [0.3, 0.4) is 0 Å². The van der Waals surface area contributed by atoms with Gasteiger partial charge in [0.05, 0.1) is 20.6 Å². The molecule has 6 nitrogen and oxygen atoms in total. The second-order valence-electron chi connectivity index (χ2n) is 5.90. The van der Waals surface area contributed by atoms with Crippen LogP contribution in [0, 0.1) is 6.92 Å². The Morgan fingerprint density at radius 3 is 2.27 bits per heavy atom. The highest BCUT2D eigenvalue weighted by molar-refractivity contribution is 5.97. The van der Waals surface area contributed by atoms with Crippen molar-refractivity contribution in [1.29, 1.82) is 0 Å². The first kappa shape index (κ1) is 17.5. The second-order valence-corrected chi connectivity index (χ2v) is 5.90. The molecule has 0 fully saturated rings. The summed E-state index contributed by atoms with van der Waals surface area (Å²) in [5, 5.41) is 4.28. The molecule has 0 saturated carbocycles. The van der Waals surface area contributed by atoms with E-state index in [0.717, 1.165) is 5.39 Å². The topological polar surface area (TPSA) is 80.4 Å². The maximum Gasteiger partial charge on any atom is 0.252 e. The number of rotatable bonds is 5. The highest BCUT2D eigenvalue weighted by atomic mass is 16.5. The molecule has 0 radical (unpaired) electrons. The van der Waals surface area contributed by atoms with E-state index in [9.17, 15) is 9.59 Å². The quantitative estimate of drug-likeness (QED) is 0.740. The molecule has 6 heteroatoms. The Morgan fingerprint density at radius 1 is 1.04 bits per heavy atom. The molecule has 3 rings (SSSR count). The van der Waals surface area contributed by atoms with Gasteiger partial charge in [0.1, 0.15) is 0 Å². The normalized spacial score (nSPS) is 10.6. The van der Waals surface area contributed by atoms with Crippen LogP contribution in [0.4, 0.5) is 5.69 Å². The first-order chi connectivity index (χ1) is 12.5. The molecule has 3 aromatic rings. The minimum Gasteiger partial charge on any atom is -0.493 e. The number of hydrogen-bond acceptors (Lipinski definition) is 4. The minimum absolute atomic E-state index is 0.0451. The fourth-order valence-corrected chi connectivity index (χ4v) is 2.94. The van der Waals surface area contributed by atoms with Gasteiger partial charge in [-0.15, -0.1) is 0 Å². The number of aryl methyl sites for hydroxylation is 1. The fourth-order valence-electron chi connectivity index (χ4n) is 2.94. The summed E-state index contributed by atoms with van der Waals surface area (Å²) in [5.41, 5.74) is 1.49. The van der Waals surface area contributed by atoms with Crippen molar-refractivity contribution in [2.24, 2.45) is 0 Å². The van der Waals surface area contributed by atoms with Crippen LogP contribution in [-0.4, -0.2) is 25.1 Å². The zero-order valence-electron chi connectivity index (χ0n) is 14.9. The van der Waals surface area contributed by atoms with Gasteiger partial charge in [-0.1, -0.05) is 18.2 Å². The maximum atomic E-state index is 12.5. The molecular formula is C20H20N2O4. The summed E-state index contributed by atoms with van der Waals surface area (Å²) >= 11 is 0. The van der Waals surface area contributed by atoms with Crippen LogP contribution in [0.1, 0.15) is 11.3 Å². The third-order valence-electron chi connectivity index (χ3n) is 4.22.